The summed E-state index contributed by atoms with van der Waals surface area (Å²) < 4.78 is 0. The van der Waals surface area contributed by atoms with Gasteiger partial charge in [0, 0.05) is 19.1 Å². The second-order valence-corrected chi connectivity index (χ2v) is 7.55. The number of nitrogens with one attached hydrogen (secondary N) is 1. The average Bonchev–Trinajstić information content (AvgIpc) is 3.44. The molecule has 2 aromatic rings. The van der Waals surface area contributed by atoms with E-state index < -0.39 is 6.10 Å². The highest BCUT2D eigenvalue weighted by molar-refractivity contribution is 5.83. The van der Waals surface area contributed by atoms with Crippen molar-refractivity contribution >= 4 is 10.8 Å². The number of fused-ring (bicyclic) bond motifs is 1. The molecule has 0 aromatic heterocycles. The standard InChI is InChI=1S/C21H28N2O/c24-21(19-8-7-17-3-1-2-4-18(17)13-19)14-22-20-9-11-23(12-10-20)15-16-5-6-16/h1-4,7-8,13,16,20-22,24H,5-6,9-12,14-15H2. The van der Waals surface area contributed by atoms with E-state index in [4.69, 9.17) is 0 Å². The van der Waals surface area contributed by atoms with E-state index in [1.165, 1.54) is 56.1 Å². The summed E-state index contributed by atoms with van der Waals surface area (Å²) in [6.07, 6.45) is 4.86. The lowest BCUT2D eigenvalue weighted by Crippen LogP contribution is -2.44. The summed E-state index contributed by atoms with van der Waals surface area (Å²) >= 11 is 0. The molecule has 1 aliphatic heterocycles. The van der Waals surface area contributed by atoms with Crippen molar-refractivity contribution in [1.29, 1.82) is 0 Å². The first-order valence-corrected chi connectivity index (χ1v) is 9.40. The summed E-state index contributed by atoms with van der Waals surface area (Å²) in [5.41, 5.74) is 1.01. The summed E-state index contributed by atoms with van der Waals surface area (Å²) in [6.45, 7) is 4.37. The lowest BCUT2D eigenvalue weighted by molar-refractivity contribution is 0.150. The van der Waals surface area contributed by atoms with Gasteiger partial charge in [0.15, 0.2) is 0 Å². The maximum Gasteiger partial charge on any atom is 0.0914 e. The minimum Gasteiger partial charge on any atom is -0.387 e. The molecule has 1 aliphatic carbocycles. The van der Waals surface area contributed by atoms with Crippen LogP contribution >= 0.6 is 0 Å². The number of hydrogen-bond donors (Lipinski definition) is 2. The van der Waals surface area contributed by atoms with Crippen LogP contribution in [0, 0.1) is 5.92 Å². The van der Waals surface area contributed by atoms with E-state index in [1.807, 2.05) is 12.1 Å². The van der Waals surface area contributed by atoms with E-state index in [0.717, 1.165) is 11.5 Å². The van der Waals surface area contributed by atoms with Gasteiger partial charge >= 0.3 is 0 Å². The first-order chi connectivity index (χ1) is 11.8. The Kier molecular flexibility index (Phi) is 4.83. The number of piperidine rings is 1. The Morgan fingerprint density at radius 3 is 2.50 bits per heavy atom. The first-order valence-electron chi connectivity index (χ1n) is 9.40. The van der Waals surface area contributed by atoms with Gasteiger partial charge in [0.1, 0.15) is 0 Å². The molecule has 0 spiro atoms. The van der Waals surface area contributed by atoms with Gasteiger partial charge in [-0.05, 0) is 67.1 Å². The maximum atomic E-state index is 10.5. The molecule has 1 atom stereocenters. The highest BCUT2D eigenvalue weighted by Gasteiger charge is 2.27. The van der Waals surface area contributed by atoms with Crippen LogP contribution in [-0.2, 0) is 0 Å². The van der Waals surface area contributed by atoms with Gasteiger partial charge in [-0.2, -0.15) is 0 Å². The summed E-state index contributed by atoms with van der Waals surface area (Å²) in [5.74, 6) is 0.990. The van der Waals surface area contributed by atoms with Gasteiger partial charge in [-0.15, -0.1) is 0 Å². The minimum absolute atomic E-state index is 0.431. The fraction of sp³-hybridized carbons (Fsp3) is 0.524. The molecule has 0 amide bonds. The van der Waals surface area contributed by atoms with Gasteiger partial charge < -0.3 is 15.3 Å². The number of likely N-dealkylation sites (tertiary alicyclic amines) is 1. The molecule has 1 heterocycles. The van der Waals surface area contributed by atoms with Gasteiger partial charge in [0.2, 0.25) is 0 Å². The van der Waals surface area contributed by atoms with E-state index in [2.05, 4.69) is 40.5 Å². The Morgan fingerprint density at radius 2 is 1.75 bits per heavy atom. The topological polar surface area (TPSA) is 35.5 Å². The molecule has 2 aromatic carbocycles. The molecular formula is C21H28N2O. The zero-order valence-corrected chi connectivity index (χ0v) is 14.3. The Bertz CT molecular complexity index is 674. The van der Waals surface area contributed by atoms with Crippen LogP contribution in [0.2, 0.25) is 0 Å². The molecule has 24 heavy (non-hydrogen) atoms. The van der Waals surface area contributed by atoms with E-state index in [1.54, 1.807) is 0 Å². The monoisotopic (exact) mass is 324 g/mol. The molecule has 128 valence electrons. The number of benzene rings is 2. The Morgan fingerprint density at radius 1 is 1.00 bits per heavy atom. The largest absolute Gasteiger partial charge is 0.387 e. The maximum absolute atomic E-state index is 10.5. The van der Waals surface area contributed by atoms with Crippen LogP contribution in [0.3, 0.4) is 0 Å². The van der Waals surface area contributed by atoms with Gasteiger partial charge in [0.25, 0.3) is 0 Å². The second kappa shape index (κ2) is 7.22. The molecule has 1 unspecified atom stereocenters. The summed E-state index contributed by atoms with van der Waals surface area (Å²) in [4.78, 5) is 2.62. The number of aliphatic hydroxyl groups is 1. The molecule has 2 fully saturated rings. The number of rotatable bonds is 6. The normalized spacial score (nSPS) is 21.2. The van der Waals surface area contributed by atoms with E-state index in [9.17, 15) is 5.11 Å². The second-order valence-electron chi connectivity index (χ2n) is 7.55. The first kappa shape index (κ1) is 16.1. The van der Waals surface area contributed by atoms with Crippen LogP contribution in [-0.4, -0.2) is 42.2 Å². The van der Waals surface area contributed by atoms with Crippen molar-refractivity contribution in [3.8, 4) is 0 Å². The molecule has 2 aliphatic rings. The van der Waals surface area contributed by atoms with Crippen molar-refractivity contribution in [1.82, 2.24) is 10.2 Å². The molecule has 1 saturated carbocycles. The van der Waals surface area contributed by atoms with Crippen LogP contribution in [0.15, 0.2) is 42.5 Å². The number of nitrogens with zero attached hydrogens (tertiary/aromatic N) is 1. The molecule has 4 rings (SSSR count). The molecule has 0 radical (unpaired) electrons. The molecule has 3 heteroatoms. The third-order valence-corrected chi connectivity index (χ3v) is 5.56. The van der Waals surface area contributed by atoms with Crippen molar-refractivity contribution in [2.24, 2.45) is 5.92 Å². The molecular weight excluding hydrogens is 296 g/mol. The molecule has 0 bridgehead atoms. The third kappa shape index (κ3) is 3.97. The fourth-order valence-corrected chi connectivity index (χ4v) is 3.80. The third-order valence-electron chi connectivity index (χ3n) is 5.56. The molecule has 3 nitrogen and oxygen atoms in total. The Hall–Kier alpha value is -1.42. The van der Waals surface area contributed by atoms with E-state index >= 15 is 0 Å². The zero-order valence-electron chi connectivity index (χ0n) is 14.3. The van der Waals surface area contributed by atoms with Crippen molar-refractivity contribution < 1.29 is 5.11 Å². The quantitative estimate of drug-likeness (QED) is 0.855. The van der Waals surface area contributed by atoms with Crippen molar-refractivity contribution in [2.45, 2.75) is 37.8 Å². The lowest BCUT2D eigenvalue weighted by Gasteiger charge is -2.33. The summed E-state index contributed by atoms with van der Waals surface area (Å²) in [6, 6.07) is 15.1. The van der Waals surface area contributed by atoms with E-state index in [-0.39, 0.29) is 0 Å². The predicted octanol–water partition coefficient (Wildman–Crippen LogP) is 3.34. The van der Waals surface area contributed by atoms with Crippen LogP contribution in [0.1, 0.15) is 37.4 Å². The minimum atomic E-state index is -0.431. The highest BCUT2D eigenvalue weighted by atomic mass is 16.3. The smallest absolute Gasteiger partial charge is 0.0914 e. The lowest BCUT2D eigenvalue weighted by atomic mass is 10.0. The van der Waals surface area contributed by atoms with Gasteiger partial charge in [0.05, 0.1) is 6.10 Å². The highest BCUT2D eigenvalue weighted by Crippen LogP contribution is 2.30. The molecule has 1 saturated heterocycles. The van der Waals surface area contributed by atoms with Crippen molar-refractivity contribution in [2.75, 3.05) is 26.2 Å². The van der Waals surface area contributed by atoms with Crippen LogP contribution in [0.25, 0.3) is 10.8 Å². The fourth-order valence-electron chi connectivity index (χ4n) is 3.80. The Balaban J connectivity index is 1.27. The summed E-state index contributed by atoms with van der Waals surface area (Å²) in [5, 5.41) is 16.5. The average molecular weight is 324 g/mol. The Labute approximate surface area is 144 Å². The van der Waals surface area contributed by atoms with Crippen LogP contribution < -0.4 is 5.32 Å². The summed E-state index contributed by atoms with van der Waals surface area (Å²) in [7, 11) is 0. The SMILES string of the molecule is OC(CNC1CCN(CC2CC2)CC1)c1ccc2ccccc2c1. The van der Waals surface area contributed by atoms with Crippen LogP contribution in [0.5, 0.6) is 0 Å². The van der Waals surface area contributed by atoms with Gasteiger partial charge in [-0.3, -0.25) is 0 Å². The van der Waals surface area contributed by atoms with E-state index in [0.29, 0.717) is 12.6 Å². The number of aliphatic hydroxyl groups excluding tert-OH is 1. The number of hydrogen-bond acceptors (Lipinski definition) is 3. The predicted molar refractivity (Wildman–Crippen MR) is 99.1 cm³/mol. The van der Waals surface area contributed by atoms with Crippen molar-refractivity contribution in [3.05, 3.63) is 48.0 Å². The van der Waals surface area contributed by atoms with Crippen molar-refractivity contribution in [3.63, 3.8) is 0 Å². The zero-order chi connectivity index (χ0) is 16.4. The molecule has 2 N–H and O–H groups in total. The van der Waals surface area contributed by atoms with Gasteiger partial charge in [-0.25, -0.2) is 0 Å². The van der Waals surface area contributed by atoms with Crippen LogP contribution in [0.4, 0.5) is 0 Å². The van der Waals surface area contributed by atoms with Gasteiger partial charge in [-0.1, -0.05) is 36.4 Å².